The number of carbonyl (C=O) groups is 3. The zero-order valence-corrected chi connectivity index (χ0v) is 26.1. The Morgan fingerprint density at radius 3 is 2.43 bits per heavy atom. The molecule has 0 bridgehead atoms. The number of carbonyl (C=O) groups excluding carboxylic acids is 3. The van der Waals surface area contributed by atoms with Crippen molar-refractivity contribution in [2.24, 2.45) is 0 Å². The summed E-state index contributed by atoms with van der Waals surface area (Å²) in [5.41, 5.74) is 2.58. The van der Waals surface area contributed by atoms with Gasteiger partial charge in [0, 0.05) is 11.6 Å². The van der Waals surface area contributed by atoms with Crippen LogP contribution in [0.5, 0.6) is 0 Å². The Hall–Kier alpha value is -5.57. The molecule has 3 aromatic carbocycles. The molecule has 5 rings (SSSR count). The molecule has 4 aromatic rings. The van der Waals surface area contributed by atoms with E-state index in [-0.39, 0.29) is 30.0 Å². The fourth-order valence-electron chi connectivity index (χ4n) is 5.27. The molecule has 1 aliphatic rings. The van der Waals surface area contributed by atoms with E-state index in [1.807, 2.05) is 30.3 Å². The lowest BCUT2D eigenvalue weighted by Gasteiger charge is -2.26. The molecule has 0 saturated heterocycles. The number of likely N-dealkylation sites (N-methyl/N-ethyl adjacent to an activating group) is 1. The summed E-state index contributed by atoms with van der Waals surface area (Å²) in [6.45, 7) is 1.10. The number of amides is 3. The van der Waals surface area contributed by atoms with Crippen molar-refractivity contribution in [1.82, 2.24) is 20.4 Å². The molecule has 14 heteroatoms. The van der Waals surface area contributed by atoms with Crippen LogP contribution in [-0.4, -0.2) is 73.6 Å². The van der Waals surface area contributed by atoms with Gasteiger partial charge in [-0.15, -0.1) is 0 Å². The molecule has 0 spiro atoms. The molecule has 2 unspecified atom stereocenters. The summed E-state index contributed by atoms with van der Waals surface area (Å²) < 4.78 is 25.9. The third-order valence-electron chi connectivity index (χ3n) is 7.67. The highest BCUT2D eigenvalue weighted by atomic mass is 32.2. The summed E-state index contributed by atoms with van der Waals surface area (Å²) in [6, 6.07) is 20.9. The Morgan fingerprint density at radius 1 is 1.02 bits per heavy atom. The SMILES string of the molecule is CNC(C)C(=O)NC1CN(C(=O)CS(C)(=O)=O)c2ccc(C#N)cc2N(Cc2nn(-c3ccccc3C#N)c3ccccc23)C1=O. The van der Waals surface area contributed by atoms with Gasteiger partial charge in [-0.3, -0.25) is 14.4 Å². The van der Waals surface area contributed by atoms with E-state index in [1.54, 1.807) is 42.9 Å². The molecule has 0 saturated carbocycles. The lowest BCUT2D eigenvalue weighted by atomic mass is 10.1. The first kappa shape index (κ1) is 31.8. The summed E-state index contributed by atoms with van der Waals surface area (Å²) in [4.78, 5) is 43.4. The van der Waals surface area contributed by atoms with Gasteiger partial charge in [0.1, 0.15) is 17.9 Å². The molecule has 2 heterocycles. The maximum Gasteiger partial charge on any atom is 0.251 e. The molecule has 1 aliphatic heterocycles. The smallest absolute Gasteiger partial charge is 0.251 e. The number of fused-ring (bicyclic) bond motifs is 2. The van der Waals surface area contributed by atoms with Gasteiger partial charge in [-0.05, 0) is 50.4 Å². The predicted octanol–water partition coefficient (Wildman–Crippen LogP) is 1.79. The fourth-order valence-corrected chi connectivity index (χ4v) is 5.88. The minimum atomic E-state index is -3.76. The van der Waals surface area contributed by atoms with Crippen molar-refractivity contribution in [2.75, 3.05) is 35.4 Å². The van der Waals surface area contributed by atoms with Crippen molar-refractivity contribution in [3.8, 4) is 17.8 Å². The summed E-state index contributed by atoms with van der Waals surface area (Å²) >= 11 is 0. The van der Waals surface area contributed by atoms with Crippen LogP contribution in [-0.2, 0) is 30.8 Å². The third-order valence-corrected chi connectivity index (χ3v) is 8.44. The zero-order chi connectivity index (χ0) is 33.2. The predicted molar refractivity (Wildman–Crippen MR) is 171 cm³/mol. The normalized spacial score (nSPS) is 15.4. The Labute approximate surface area is 265 Å². The number of hydrogen-bond acceptors (Lipinski definition) is 9. The second-order valence-electron chi connectivity index (χ2n) is 10.9. The molecule has 13 nitrogen and oxygen atoms in total. The summed E-state index contributed by atoms with van der Waals surface area (Å²) in [7, 11) is -2.18. The van der Waals surface area contributed by atoms with Crippen LogP contribution in [0.3, 0.4) is 0 Å². The number of anilines is 2. The molecule has 0 aliphatic carbocycles. The van der Waals surface area contributed by atoms with Crippen LogP contribution in [0.25, 0.3) is 16.6 Å². The number of nitrogens with zero attached hydrogens (tertiary/aromatic N) is 6. The monoisotopic (exact) mass is 638 g/mol. The molecule has 2 N–H and O–H groups in total. The van der Waals surface area contributed by atoms with Gasteiger partial charge in [-0.1, -0.05) is 30.3 Å². The van der Waals surface area contributed by atoms with Crippen molar-refractivity contribution in [2.45, 2.75) is 25.6 Å². The number of nitrogens with one attached hydrogen (secondary N) is 2. The molecule has 3 amide bonds. The van der Waals surface area contributed by atoms with Crippen molar-refractivity contribution in [3.63, 3.8) is 0 Å². The first-order valence-electron chi connectivity index (χ1n) is 14.2. The molecule has 46 heavy (non-hydrogen) atoms. The largest absolute Gasteiger partial charge is 0.341 e. The van der Waals surface area contributed by atoms with Gasteiger partial charge in [-0.25, -0.2) is 13.1 Å². The zero-order valence-electron chi connectivity index (χ0n) is 25.3. The number of para-hydroxylation sites is 2. The first-order valence-corrected chi connectivity index (χ1v) is 16.3. The third kappa shape index (κ3) is 6.30. The Bertz CT molecular complexity index is 2060. The summed E-state index contributed by atoms with van der Waals surface area (Å²) in [6.07, 6.45) is 0.930. The van der Waals surface area contributed by atoms with E-state index >= 15 is 0 Å². The minimum absolute atomic E-state index is 0.148. The quantitative estimate of drug-likeness (QED) is 0.291. The van der Waals surface area contributed by atoms with Gasteiger partial charge in [0.25, 0.3) is 5.91 Å². The first-order chi connectivity index (χ1) is 21.9. The van der Waals surface area contributed by atoms with E-state index in [9.17, 15) is 33.3 Å². The highest BCUT2D eigenvalue weighted by molar-refractivity contribution is 7.91. The number of sulfone groups is 1. The summed E-state index contributed by atoms with van der Waals surface area (Å²) in [5.74, 6) is -2.74. The second-order valence-corrected chi connectivity index (χ2v) is 13.0. The van der Waals surface area contributed by atoms with Crippen molar-refractivity contribution < 1.29 is 22.8 Å². The van der Waals surface area contributed by atoms with Crippen LogP contribution < -0.4 is 20.4 Å². The fraction of sp³-hybridized carbons (Fsp3) is 0.250. The Kier molecular flexibility index (Phi) is 8.87. The average molecular weight is 639 g/mol. The van der Waals surface area contributed by atoms with Gasteiger partial charge >= 0.3 is 0 Å². The van der Waals surface area contributed by atoms with E-state index in [2.05, 4.69) is 16.7 Å². The second kappa shape index (κ2) is 12.8. The number of rotatable bonds is 8. The molecule has 0 radical (unpaired) electrons. The Morgan fingerprint density at radius 2 is 1.74 bits per heavy atom. The number of hydrogen-bond donors (Lipinski definition) is 2. The van der Waals surface area contributed by atoms with Gasteiger partial charge in [0.15, 0.2) is 9.84 Å². The van der Waals surface area contributed by atoms with E-state index in [0.717, 1.165) is 11.2 Å². The van der Waals surface area contributed by atoms with E-state index < -0.39 is 45.4 Å². The van der Waals surface area contributed by atoms with Crippen LogP contribution in [0.1, 0.15) is 23.7 Å². The van der Waals surface area contributed by atoms with Crippen LogP contribution >= 0.6 is 0 Å². The topological polar surface area (TPSA) is 181 Å². The van der Waals surface area contributed by atoms with E-state index in [0.29, 0.717) is 27.8 Å². The number of benzene rings is 3. The lowest BCUT2D eigenvalue weighted by molar-refractivity contribution is -0.128. The summed E-state index contributed by atoms with van der Waals surface area (Å²) in [5, 5.41) is 30.5. The average Bonchev–Trinajstić information content (AvgIpc) is 3.36. The highest BCUT2D eigenvalue weighted by Crippen LogP contribution is 2.36. The number of nitriles is 2. The molecule has 234 valence electrons. The van der Waals surface area contributed by atoms with Crippen molar-refractivity contribution in [1.29, 1.82) is 10.5 Å². The van der Waals surface area contributed by atoms with Gasteiger partial charge in [0.05, 0.1) is 64.6 Å². The van der Waals surface area contributed by atoms with Crippen LogP contribution in [0.2, 0.25) is 0 Å². The standard InChI is InChI=1S/C32H30N8O5S/c1-20(35-2)31(42)36-25-18-38(30(41)19-46(3,44)45)28-13-12-21(15-33)14-29(28)39(32(25)43)17-24-23-9-5-7-11-27(23)40(37-24)26-10-6-4-8-22(26)16-34/h4-14,20,25,35H,17-19H2,1-3H3,(H,36,42). The van der Waals surface area contributed by atoms with Crippen molar-refractivity contribution >= 4 is 49.8 Å². The van der Waals surface area contributed by atoms with Gasteiger partial charge in [-0.2, -0.15) is 15.6 Å². The van der Waals surface area contributed by atoms with E-state index in [4.69, 9.17) is 5.10 Å². The lowest BCUT2D eigenvalue weighted by Crippen LogP contribution is -2.56. The highest BCUT2D eigenvalue weighted by Gasteiger charge is 2.38. The van der Waals surface area contributed by atoms with Crippen LogP contribution in [0.4, 0.5) is 11.4 Å². The van der Waals surface area contributed by atoms with E-state index in [1.165, 1.54) is 23.1 Å². The number of aromatic nitrogens is 2. The molecule has 2 atom stereocenters. The Balaban J connectivity index is 1.69. The maximum absolute atomic E-state index is 14.4. The van der Waals surface area contributed by atoms with Gasteiger partial charge in [0.2, 0.25) is 11.8 Å². The molecule has 1 aromatic heterocycles. The molecule has 0 fully saturated rings. The van der Waals surface area contributed by atoms with Crippen LogP contribution in [0, 0.1) is 22.7 Å². The van der Waals surface area contributed by atoms with Gasteiger partial charge < -0.3 is 20.4 Å². The molecular formula is C32H30N8O5S. The van der Waals surface area contributed by atoms with Crippen LogP contribution in [0.15, 0.2) is 66.7 Å². The minimum Gasteiger partial charge on any atom is -0.341 e. The molecular weight excluding hydrogens is 608 g/mol. The van der Waals surface area contributed by atoms with Crippen molar-refractivity contribution in [3.05, 3.63) is 83.6 Å². The maximum atomic E-state index is 14.4.